The lowest BCUT2D eigenvalue weighted by Crippen LogP contribution is -2.48. The van der Waals surface area contributed by atoms with Crippen LogP contribution in [-0.4, -0.2) is 68.5 Å². The van der Waals surface area contributed by atoms with E-state index < -0.39 is 0 Å². The fourth-order valence-corrected chi connectivity index (χ4v) is 4.49. The molecule has 0 spiro atoms. The van der Waals surface area contributed by atoms with Crippen molar-refractivity contribution in [2.75, 3.05) is 37.6 Å². The highest BCUT2D eigenvalue weighted by Gasteiger charge is 2.31. The van der Waals surface area contributed by atoms with E-state index in [1.807, 2.05) is 41.6 Å². The van der Waals surface area contributed by atoms with Crippen molar-refractivity contribution in [3.05, 3.63) is 54.3 Å². The monoisotopic (exact) mass is 433 g/mol. The van der Waals surface area contributed by atoms with Crippen LogP contribution in [0.5, 0.6) is 0 Å². The van der Waals surface area contributed by atoms with Gasteiger partial charge in [0.1, 0.15) is 5.82 Å². The van der Waals surface area contributed by atoms with Crippen molar-refractivity contribution in [3.63, 3.8) is 0 Å². The molecule has 166 valence electrons. The van der Waals surface area contributed by atoms with E-state index in [-0.39, 0.29) is 11.9 Å². The Kier molecular flexibility index (Phi) is 5.81. The zero-order valence-electron chi connectivity index (χ0n) is 18.2. The molecular formula is C23H27N7O2. The van der Waals surface area contributed by atoms with Gasteiger partial charge in [-0.25, -0.2) is 4.98 Å². The number of likely N-dealkylation sites (tertiary alicyclic amines) is 1. The van der Waals surface area contributed by atoms with Crippen LogP contribution >= 0.6 is 0 Å². The predicted octanol–water partition coefficient (Wildman–Crippen LogP) is 2.53. The van der Waals surface area contributed by atoms with Crippen molar-refractivity contribution in [2.45, 2.75) is 32.4 Å². The number of aromatic nitrogens is 4. The average molecular weight is 434 g/mol. The minimum atomic E-state index is 0.121. The van der Waals surface area contributed by atoms with Crippen molar-refractivity contribution in [1.82, 2.24) is 29.9 Å². The van der Waals surface area contributed by atoms with Crippen LogP contribution in [-0.2, 0) is 11.3 Å². The molecule has 3 aromatic heterocycles. The lowest BCUT2D eigenvalue weighted by atomic mass is 10.2. The zero-order chi connectivity index (χ0) is 21.9. The summed E-state index contributed by atoms with van der Waals surface area (Å²) >= 11 is 0. The van der Waals surface area contributed by atoms with Gasteiger partial charge in [0.05, 0.1) is 6.04 Å². The maximum Gasteiger partial charge on any atom is 0.244 e. The quantitative estimate of drug-likeness (QED) is 0.606. The molecule has 2 aliphatic rings. The highest BCUT2D eigenvalue weighted by Crippen LogP contribution is 2.33. The summed E-state index contributed by atoms with van der Waals surface area (Å²) in [4.78, 5) is 31.4. The Morgan fingerprint density at radius 2 is 1.91 bits per heavy atom. The van der Waals surface area contributed by atoms with E-state index >= 15 is 0 Å². The topological polar surface area (TPSA) is 91.5 Å². The van der Waals surface area contributed by atoms with Crippen molar-refractivity contribution >= 4 is 11.7 Å². The molecule has 1 unspecified atom stereocenters. The molecule has 2 aliphatic heterocycles. The van der Waals surface area contributed by atoms with Gasteiger partial charge in [-0.2, -0.15) is 4.98 Å². The Hall–Kier alpha value is -3.33. The summed E-state index contributed by atoms with van der Waals surface area (Å²) in [6.07, 6.45) is 7.55. The van der Waals surface area contributed by atoms with Gasteiger partial charge in [0.15, 0.2) is 0 Å². The maximum atomic E-state index is 11.6. The van der Waals surface area contributed by atoms with Crippen LogP contribution in [0.15, 0.2) is 47.4 Å². The van der Waals surface area contributed by atoms with Gasteiger partial charge in [-0.1, -0.05) is 5.16 Å². The summed E-state index contributed by atoms with van der Waals surface area (Å²) in [6, 6.07) is 8.13. The third-order valence-electron chi connectivity index (χ3n) is 6.28. The van der Waals surface area contributed by atoms with E-state index in [9.17, 15) is 4.79 Å². The van der Waals surface area contributed by atoms with E-state index in [0.717, 1.165) is 50.4 Å². The Labute approximate surface area is 187 Å². The molecule has 0 radical (unpaired) electrons. The second-order valence-electron chi connectivity index (χ2n) is 8.34. The molecule has 3 aromatic rings. The molecule has 2 fully saturated rings. The SMILES string of the molecule is CC(=O)N1CCN(c2cc(-c3noc(C4CCCN4Cc4ccncc4)n3)ccn2)CC1. The van der Waals surface area contributed by atoms with E-state index in [1.54, 1.807) is 13.1 Å². The Morgan fingerprint density at radius 3 is 2.69 bits per heavy atom. The smallest absolute Gasteiger partial charge is 0.244 e. The molecule has 0 N–H and O–H groups in total. The number of anilines is 1. The number of piperazine rings is 1. The first-order chi connectivity index (χ1) is 15.7. The lowest BCUT2D eigenvalue weighted by molar-refractivity contribution is -0.129. The van der Waals surface area contributed by atoms with Gasteiger partial charge < -0.3 is 14.3 Å². The standard InChI is InChI=1S/C23H27N7O2/c1-17(31)28-11-13-29(14-12-28)21-15-19(6-9-25-21)22-26-23(32-27-22)20-3-2-10-30(20)16-18-4-7-24-8-5-18/h4-9,15,20H,2-3,10-14,16H2,1H3. The third kappa shape index (κ3) is 4.34. The summed E-state index contributed by atoms with van der Waals surface area (Å²) in [6.45, 7) is 6.42. The van der Waals surface area contributed by atoms with Crippen molar-refractivity contribution < 1.29 is 9.32 Å². The number of rotatable bonds is 5. The van der Waals surface area contributed by atoms with Crippen LogP contribution in [0.25, 0.3) is 11.4 Å². The second kappa shape index (κ2) is 9.04. The summed E-state index contributed by atoms with van der Waals surface area (Å²) < 4.78 is 5.70. The van der Waals surface area contributed by atoms with E-state index in [0.29, 0.717) is 24.8 Å². The fourth-order valence-electron chi connectivity index (χ4n) is 4.49. The molecule has 32 heavy (non-hydrogen) atoms. The number of carbonyl (C=O) groups excluding carboxylic acids is 1. The largest absolute Gasteiger partial charge is 0.353 e. The van der Waals surface area contributed by atoms with Crippen LogP contribution in [0.1, 0.15) is 37.3 Å². The molecule has 0 aromatic carbocycles. The van der Waals surface area contributed by atoms with Crippen molar-refractivity contribution in [1.29, 1.82) is 0 Å². The molecule has 0 saturated carbocycles. The molecule has 9 nitrogen and oxygen atoms in total. The summed E-state index contributed by atoms with van der Waals surface area (Å²) in [5, 5.41) is 4.27. The molecule has 1 atom stereocenters. The summed E-state index contributed by atoms with van der Waals surface area (Å²) in [5.41, 5.74) is 2.12. The van der Waals surface area contributed by atoms with Crippen molar-refractivity contribution in [2.24, 2.45) is 0 Å². The van der Waals surface area contributed by atoms with Gasteiger partial charge in [-0.15, -0.1) is 0 Å². The number of amides is 1. The molecule has 0 bridgehead atoms. The van der Waals surface area contributed by atoms with Crippen LogP contribution in [0.2, 0.25) is 0 Å². The lowest BCUT2D eigenvalue weighted by Gasteiger charge is -2.34. The minimum absolute atomic E-state index is 0.121. The average Bonchev–Trinajstić information content (AvgIpc) is 3.49. The van der Waals surface area contributed by atoms with Crippen LogP contribution in [0.3, 0.4) is 0 Å². The first kappa shape index (κ1) is 20.6. The number of pyridine rings is 2. The molecule has 5 rings (SSSR count). The summed E-state index contributed by atoms with van der Waals surface area (Å²) in [7, 11) is 0. The van der Waals surface area contributed by atoms with Gasteiger partial charge in [0.2, 0.25) is 17.6 Å². The predicted molar refractivity (Wildman–Crippen MR) is 119 cm³/mol. The van der Waals surface area contributed by atoms with Crippen LogP contribution in [0, 0.1) is 0 Å². The maximum absolute atomic E-state index is 11.6. The molecule has 1 amide bonds. The Balaban J connectivity index is 1.29. The van der Waals surface area contributed by atoms with Gasteiger partial charge in [0, 0.05) is 63.8 Å². The number of hydrogen-bond acceptors (Lipinski definition) is 8. The van der Waals surface area contributed by atoms with Crippen LogP contribution in [0.4, 0.5) is 5.82 Å². The van der Waals surface area contributed by atoms with Gasteiger partial charge in [-0.05, 0) is 49.2 Å². The Bertz CT molecular complexity index is 1060. The Morgan fingerprint density at radius 1 is 1.09 bits per heavy atom. The number of carbonyl (C=O) groups is 1. The van der Waals surface area contributed by atoms with Crippen LogP contribution < -0.4 is 4.90 Å². The highest BCUT2D eigenvalue weighted by molar-refractivity contribution is 5.73. The first-order valence-electron chi connectivity index (χ1n) is 11.1. The number of nitrogens with zero attached hydrogens (tertiary/aromatic N) is 7. The minimum Gasteiger partial charge on any atom is -0.353 e. The molecule has 5 heterocycles. The van der Waals surface area contributed by atoms with E-state index in [2.05, 4.69) is 24.9 Å². The summed E-state index contributed by atoms with van der Waals surface area (Å²) in [5.74, 6) is 2.24. The fraction of sp³-hybridized carbons (Fsp3) is 0.435. The second-order valence-corrected chi connectivity index (χ2v) is 8.34. The number of hydrogen-bond donors (Lipinski definition) is 0. The van der Waals surface area contributed by atoms with Gasteiger partial charge >= 0.3 is 0 Å². The molecule has 2 saturated heterocycles. The van der Waals surface area contributed by atoms with Gasteiger partial charge in [0.25, 0.3) is 0 Å². The molecule has 9 heteroatoms. The van der Waals surface area contributed by atoms with E-state index in [4.69, 9.17) is 9.51 Å². The molecular weight excluding hydrogens is 406 g/mol. The first-order valence-corrected chi connectivity index (χ1v) is 11.1. The van der Waals surface area contributed by atoms with E-state index in [1.165, 1.54) is 5.56 Å². The highest BCUT2D eigenvalue weighted by atomic mass is 16.5. The van der Waals surface area contributed by atoms with Crippen molar-refractivity contribution in [3.8, 4) is 11.4 Å². The normalized spacial score (nSPS) is 19.5. The van der Waals surface area contributed by atoms with Gasteiger partial charge in [-0.3, -0.25) is 14.7 Å². The molecule has 0 aliphatic carbocycles. The third-order valence-corrected chi connectivity index (χ3v) is 6.28. The zero-order valence-corrected chi connectivity index (χ0v) is 18.2.